The average molecular weight is 275 g/mol. The maximum Gasteiger partial charge on any atom is 0.335 e. The number of amides is 1. The highest BCUT2D eigenvalue weighted by atomic mass is 32.1. The number of benzene rings is 1. The van der Waals surface area contributed by atoms with Gasteiger partial charge in [0.25, 0.3) is 5.91 Å². The van der Waals surface area contributed by atoms with Crippen LogP contribution in [0.1, 0.15) is 32.5 Å². The highest BCUT2D eigenvalue weighted by molar-refractivity contribution is 7.12. The van der Waals surface area contributed by atoms with Gasteiger partial charge in [0.2, 0.25) is 0 Å². The number of carbonyl (C=O) groups is 2. The van der Waals surface area contributed by atoms with Gasteiger partial charge in [0.1, 0.15) is 0 Å². The monoisotopic (exact) mass is 275 g/mol. The van der Waals surface area contributed by atoms with Crippen molar-refractivity contribution < 1.29 is 14.7 Å². The Kier molecular flexibility index (Phi) is 3.97. The molecule has 2 aromatic rings. The smallest absolute Gasteiger partial charge is 0.335 e. The van der Waals surface area contributed by atoms with Gasteiger partial charge in [0.05, 0.1) is 10.4 Å². The van der Waals surface area contributed by atoms with Crippen LogP contribution in [-0.4, -0.2) is 17.0 Å². The van der Waals surface area contributed by atoms with Crippen LogP contribution in [0.2, 0.25) is 0 Å². The molecule has 5 heteroatoms. The molecular weight excluding hydrogens is 262 g/mol. The van der Waals surface area contributed by atoms with Crippen LogP contribution in [0.25, 0.3) is 0 Å². The largest absolute Gasteiger partial charge is 0.478 e. The predicted octanol–water partition coefficient (Wildman–Crippen LogP) is 3.26. The number of aryl methyl sites for hydroxylation is 1. The van der Waals surface area contributed by atoms with Crippen LogP contribution in [0, 0.1) is 0 Å². The Morgan fingerprint density at radius 1 is 1.21 bits per heavy atom. The number of thiophene rings is 1. The number of hydrogen-bond acceptors (Lipinski definition) is 3. The Morgan fingerprint density at radius 3 is 2.47 bits per heavy atom. The second-order valence-corrected chi connectivity index (χ2v) is 4.88. The third-order valence-electron chi connectivity index (χ3n) is 2.72. The van der Waals surface area contributed by atoms with Crippen LogP contribution >= 0.6 is 11.3 Å². The van der Waals surface area contributed by atoms with Gasteiger partial charge in [-0.15, -0.1) is 11.3 Å². The van der Waals surface area contributed by atoms with E-state index >= 15 is 0 Å². The molecule has 0 saturated heterocycles. The first-order chi connectivity index (χ1) is 9.11. The summed E-state index contributed by atoms with van der Waals surface area (Å²) in [6.07, 6.45) is 0.810. The van der Waals surface area contributed by atoms with Crippen LogP contribution in [-0.2, 0) is 6.42 Å². The van der Waals surface area contributed by atoms with E-state index in [4.69, 9.17) is 5.11 Å². The van der Waals surface area contributed by atoms with E-state index in [0.29, 0.717) is 10.6 Å². The molecule has 0 bridgehead atoms. The molecule has 0 spiro atoms. The number of rotatable bonds is 4. The minimum Gasteiger partial charge on any atom is -0.478 e. The Bertz CT molecular complexity index is 601. The van der Waals surface area contributed by atoms with E-state index in [0.717, 1.165) is 12.0 Å². The minimum absolute atomic E-state index is 0.157. The molecule has 0 aliphatic heterocycles. The van der Waals surface area contributed by atoms with Gasteiger partial charge in [-0.25, -0.2) is 4.79 Å². The number of carbonyl (C=O) groups excluding carboxylic acids is 1. The van der Waals surface area contributed by atoms with Crippen molar-refractivity contribution in [1.29, 1.82) is 0 Å². The fourth-order valence-corrected chi connectivity index (χ4v) is 2.59. The quantitative estimate of drug-likeness (QED) is 0.900. The number of aromatic carboxylic acids is 1. The molecule has 1 amide bonds. The molecular formula is C14H13NO3S. The molecule has 1 heterocycles. The normalized spacial score (nSPS) is 10.2. The van der Waals surface area contributed by atoms with Crippen molar-refractivity contribution in [2.24, 2.45) is 0 Å². The lowest BCUT2D eigenvalue weighted by atomic mass is 10.2. The molecule has 0 atom stereocenters. The van der Waals surface area contributed by atoms with Gasteiger partial charge in [-0.2, -0.15) is 0 Å². The van der Waals surface area contributed by atoms with E-state index in [1.807, 2.05) is 18.4 Å². The van der Waals surface area contributed by atoms with Crippen molar-refractivity contribution >= 4 is 28.9 Å². The summed E-state index contributed by atoms with van der Waals surface area (Å²) in [5.41, 5.74) is 1.80. The Morgan fingerprint density at radius 2 is 1.89 bits per heavy atom. The van der Waals surface area contributed by atoms with Crippen LogP contribution < -0.4 is 5.32 Å². The molecule has 0 fully saturated rings. The summed E-state index contributed by atoms with van der Waals surface area (Å²) in [5, 5.41) is 13.4. The molecule has 0 aliphatic carbocycles. The zero-order chi connectivity index (χ0) is 13.8. The highest BCUT2D eigenvalue weighted by Gasteiger charge is 2.12. The van der Waals surface area contributed by atoms with Crippen LogP contribution in [0.3, 0.4) is 0 Å². The predicted molar refractivity (Wildman–Crippen MR) is 75.1 cm³/mol. The zero-order valence-corrected chi connectivity index (χ0v) is 11.2. The molecule has 2 rings (SSSR count). The third-order valence-corrected chi connectivity index (χ3v) is 3.68. The van der Waals surface area contributed by atoms with Gasteiger partial charge in [-0.1, -0.05) is 6.92 Å². The summed E-state index contributed by atoms with van der Waals surface area (Å²) >= 11 is 1.40. The van der Waals surface area contributed by atoms with Gasteiger partial charge >= 0.3 is 5.97 Å². The van der Waals surface area contributed by atoms with Crippen molar-refractivity contribution in [3.63, 3.8) is 0 Å². The molecule has 0 aliphatic rings. The van der Waals surface area contributed by atoms with Crippen LogP contribution in [0.4, 0.5) is 5.69 Å². The Hall–Kier alpha value is -2.14. The fourth-order valence-electron chi connectivity index (χ4n) is 1.70. The van der Waals surface area contributed by atoms with Crippen molar-refractivity contribution in [2.45, 2.75) is 13.3 Å². The summed E-state index contributed by atoms with van der Waals surface area (Å²) in [6.45, 7) is 2.00. The van der Waals surface area contributed by atoms with Gasteiger partial charge in [0.15, 0.2) is 0 Å². The number of nitrogens with one attached hydrogen (secondary N) is 1. The maximum absolute atomic E-state index is 12.1. The first kappa shape index (κ1) is 13.3. The SMILES string of the molecule is CCc1ccsc1C(=O)Nc1ccc(C(=O)O)cc1. The second-order valence-electron chi connectivity index (χ2n) is 3.97. The van der Waals surface area contributed by atoms with E-state index in [1.54, 1.807) is 12.1 Å². The summed E-state index contributed by atoms with van der Waals surface area (Å²) in [5.74, 6) is -1.14. The fraction of sp³-hybridized carbons (Fsp3) is 0.143. The standard InChI is InChI=1S/C14H13NO3S/c1-2-9-7-8-19-12(9)13(16)15-11-5-3-10(4-6-11)14(17)18/h3-8H,2H2,1H3,(H,15,16)(H,17,18). The van der Waals surface area contributed by atoms with E-state index in [-0.39, 0.29) is 11.5 Å². The Labute approximate surface area is 114 Å². The maximum atomic E-state index is 12.1. The molecule has 98 valence electrons. The van der Waals surface area contributed by atoms with Crippen molar-refractivity contribution in [3.05, 3.63) is 51.7 Å². The molecule has 1 aromatic carbocycles. The molecule has 4 nitrogen and oxygen atoms in total. The van der Waals surface area contributed by atoms with Crippen molar-refractivity contribution in [1.82, 2.24) is 0 Å². The van der Waals surface area contributed by atoms with E-state index in [1.165, 1.54) is 23.5 Å². The summed E-state index contributed by atoms with van der Waals surface area (Å²) in [7, 11) is 0. The lowest BCUT2D eigenvalue weighted by molar-refractivity contribution is 0.0696. The third kappa shape index (κ3) is 3.00. The number of hydrogen-bond donors (Lipinski definition) is 2. The molecule has 19 heavy (non-hydrogen) atoms. The van der Waals surface area contributed by atoms with Gasteiger partial charge < -0.3 is 10.4 Å². The van der Waals surface area contributed by atoms with Crippen molar-refractivity contribution in [2.75, 3.05) is 5.32 Å². The molecule has 0 unspecified atom stereocenters. The number of carboxylic acids is 1. The number of anilines is 1. The lowest BCUT2D eigenvalue weighted by Crippen LogP contribution is -2.12. The minimum atomic E-state index is -0.982. The highest BCUT2D eigenvalue weighted by Crippen LogP contribution is 2.19. The summed E-state index contributed by atoms with van der Waals surface area (Å²) < 4.78 is 0. The molecule has 0 radical (unpaired) electrons. The van der Waals surface area contributed by atoms with Gasteiger partial charge in [-0.3, -0.25) is 4.79 Å². The van der Waals surface area contributed by atoms with Gasteiger partial charge in [0, 0.05) is 5.69 Å². The molecule has 2 N–H and O–H groups in total. The summed E-state index contributed by atoms with van der Waals surface area (Å²) in [4.78, 5) is 23.5. The van der Waals surface area contributed by atoms with Gasteiger partial charge in [-0.05, 0) is 47.7 Å². The van der Waals surface area contributed by atoms with Crippen LogP contribution in [0.5, 0.6) is 0 Å². The number of carboxylic acid groups (broad SMARTS) is 1. The van der Waals surface area contributed by atoms with E-state index < -0.39 is 5.97 Å². The molecule has 1 aromatic heterocycles. The second kappa shape index (κ2) is 5.67. The first-order valence-electron chi connectivity index (χ1n) is 5.83. The topological polar surface area (TPSA) is 66.4 Å². The average Bonchev–Trinajstić information content (AvgIpc) is 2.87. The van der Waals surface area contributed by atoms with E-state index in [2.05, 4.69) is 5.32 Å². The first-order valence-corrected chi connectivity index (χ1v) is 6.71. The summed E-state index contributed by atoms with van der Waals surface area (Å²) in [6, 6.07) is 8.04. The van der Waals surface area contributed by atoms with E-state index in [9.17, 15) is 9.59 Å². The Balaban J connectivity index is 2.13. The van der Waals surface area contributed by atoms with Crippen LogP contribution in [0.15, 0.2) is 35.7 Å². The van der Waals surface area contributed by atoms with Crippen molar-refractivity contribution in [3.8, 4) is 0 Å². The molecule has 0 saturated carbocycles. The zero-order valence-electron chi connectivity index (χ0n) is 10.3. The lowest BCUT2D eigenvalue weighted by Gasteiger charge is -2.05.